The molecule has 0 spiro atoms. The largest absolute Gasteiger partial charge is 0.356 e. The van der Waals surface area contributed by atoms with E-state index in [1.54, 1.807) is 52.2 Å². The van der Waals surface area contributed by atoms with Crippen molar-refractivity contribution in [2.24, 2.45) is 35.2 Å². The number of aromatic amines is 1. The smallest absolute Gasteiger partial charge is 0.292 e. The van der Waals surface area contributed by atoms with Gasteiger partial charge in [0.05, 0.1) is 5.69 Å². The van der Waals surface area contributed by atoms with Crippen LogP contribution in [0.3, 0.4) is 0 Å². The zero-order valence-electron chi connectivity index (χ0n) is 44.7. The zero-order chi connectivity index (χ0) is 57.3. The number of aryl methyl sites for hydroxylation is 4. The molecule has 30 nitrogen and oxygen atoms in total. The topological polar surface area (TPSA) is 373 Å². The van der Waals surface area contributed by atoms with Crippen molar-refractivity contribution in [3.63, 3.8) is 0 Å². The number of hydrogen-bond donors (Lipinski definition) is 11. The van der Waals surface area contributed by atoms with Gasteiger partial charge in [0.2, 0.25) is 35.3 Å². The fourth-order valence-corrected chi connectivity index (χ4v) is 7.59. The van der Waals surface area contributed by atoms with E-state index >= 15 is 0 Å². The lowest BCUT2D eigenvalue weighted by atomic mass is 10.3. The molecule has 0 aliphatic rings. The van der Waals surface area contributed by atoms with E-state index in [1.807, 2.05) is 19.0 Å². The highest BCUT2D eigenvalue weighted by atomic mass is 16.2. The fraction of sp³-hybridized carbons (Fsp3) is 0.367. The second-order valence-corrected chi connectivity index (χ2v) is 18.2. The van der Waals surface area contributed by atoms with Crippen molar-refractivity contribution in [3.8, 4) is 0 Å². The van der Waals surface area contributed by atoms with Crippen molar-refractivity contribution in [1.29, 1.82) is 0 Å². The predicted molar refractivity (Wildman–Crippen MR) is 287 cm³/mol. The van der Waals surface area contributed by atoms with Gasteiger partial charge in [-0.2, -0.15) is 0 Å². The first kappa shape index (κ1) is 58.4. The maximum absolute atomic E-state index is 13.2. The number of imidazole rings is 3. The highest BCUT2D eigenvalue weighted by Crippen LogP contribution is 2.18. The lowest BCUT2D eigenvalue weighted by Crippen LogP contribution is -2.32. The Balaban J connectivity index is 0.856. The summed E-state index contributed by atoms with van der Waals surface area (Å²) in [7, 11) is 11.9. The van der Waals surface area contributed by atoms with Crippen LogP contribution in [0.4, 0.5) is 29.0 Å². The number of nitrogens with one attached hydrogen (secondary N) is 11. The number of rotatable bonds is 27. The molecule has 0 atom stereocenters. The molecule has 0 saturated carbocycles. The van der Waals surface area contributed by atoms with Crippen LogP contribution in [-0.2, 0) is 54.4 Å². The van der Waals surface area contributed by atoms with Gasteiger partial charge >= 0.3 is 0 Å². The van der Waals surface area contributed by atoms with Gasteiger partial charge in [0, 0.05) is 125 Å². The lowest BCUT2D eigenvalue weighted by Gasteiger charge is -2.10. The standard InChI is InChI=1S/C49H64N20O10/c1-64(2)23-8-17-50-37(70)13-18-54-46(76)32-25-29(26-66(32)4)56-48(78)42-61-34(27-67(42)5)59-39(72)14-19-52-44(74)30-9-11-33(57-30)58-38(71)15-20-53-45(75)31-10-12-36(69(31)7)63-49(79)43-62-35(28-68(43)6)60-40(73)16-21-55-47(77)41-51-22-24-65(41)3/h9-12,22,24-28,57H,8,13-21,23H2,1-7H3,(H,50,70)(H,52,74)(H,53,75)(H,54,76)(H,55,77)(H,56,78)(H,58,71)(H,59,72)(H,60,73)(H,63,79). The van der Waals surface area contributed by atoms with Crippen molar-refractivity contribution in [3.05, 3.63) is 95.9 Å². The minimum atomic E-state index is -0.626. The molecule has 6 aromatic heterocycles. The van der Waals surface area contributed by atoms with Crippen LogP contribution >= 0.6 is 0 Å². The highest BCUT2D eigenvalue weighted by molar-refractivity contribution is 6.05. The maximum Gasteiger partial charge on any atom is 0.292 e. The molecule has 0 aliphatic heterocycles. The van der Waals surface area contributed by atoms with E-state index in [1.165, 1.54) is 67.2 Å². The molecule has 420 valence electrons. The summed E-state index contributed by atoms with van der Waals surface area (Å²) >= 11 is 0. The molecule has 0 bridgehead atoms. The fourth-order valence-electron chi connectivity index (χ4n) is 7.59. The van der Waals surface area contributed by atoms with Crippen molar-refractivity contribution in [2.75, 3.05) is 79.9 Å². The molecular formula is C49H64N20O10. The molecule has 30 heteroatoms. The molecule has 6 aromatic rings. The van der Waals surface area contributed by atoms with E-state index in [-0.39, 0.29) is 116 Å². The van der Waals surface area contributed by atoms with Crippen LogP contribution < -0.4 is 53.2 Å². The zero-order valence-corrected chi connectivity index (χ0v) is 44.7. The molecular weight excluding hydrogens is 1030 g/mol. The van der Waals surface area contributed by atoms with E-state index in [4.69, 9.17) is 0 Å². The number of anilines is 5. The Morgan fingerprint density at radius 2 is 1.05 bits per heavy atom. The minimum Gasteiger partial charge on any atom is -0.356 e. The van der Waals surface area contributed by atoms with E-state index in [0.717, 1.165) is 13.0 Å². The third-order valence-electron chi connectivity index (χ3n) is 11.7. The van der Waals surface area contributed by atoms with Gasteiger partial charge in [0.15, 0.2) is 17.5 Å². The SMILES string of the molecule is CN(C)CCCNC(=O)CCNC(=O)c1cc(NC(=O)c2nc(NC(=O)CCNC(=O)c3ccc(NC(=O)CCNC(=O)c4ccc(NC(=O)c5nc(NC(=O)CCNC(=O)c6nccn6C)cn5C)n4C)[nH]3)cn2C)cn1C. The van der Waals surface area contributed by atoms with Gasteiger partial charge in [-0.05, 0) is 57.4 Å². The third kappa shape index (κ3) is 16.8. The Hall–Kier alpha value is -9.87. The predicted octanol–water partition coefficient (Wildman–Crippen LogP) is -0.140. The van der Waals surface area contributed by atoms with Crippen LogP contribution in [0.5, 0.6) is 0 Å². The van der Waals surface area contributed by atoms with Crippen LogP contribution in [0.15, 0.2) is 61.3 Å². The molecule has 11 N–H and O–H groups in total. The third-order valence-corrected chi connectivity index (χ3v) is 11.7. The number of carbonyl (C=O) groups excluding carboxylic acids is 10. The number of nitrogens with zero attached hydrogens (tertiary/aromatic N) is 9. The summed E-state index contributed by atoms with van der Waals surface area (Å²) in [5, 5.41) is 26.6. The maximum atomic E-state index is 13.2. The summed E-state index contributed by atoms with van der Waals surface area (Å²) in [6, 6.07) is 7.38. The quantitative estimate of drug-likeness (QED) is 0.0299. The first-order valence-corrected chi connectivity index (χ1v) is 24.8. The summed E-state index contributed by atoms with van der Waals surface area (Å²) in [5.41, 5.74) is 0.839. The van der Waals surface area contributed by atoms with Gasteiger partial charge in [-0.15, -0.1) is 0 Å². The summed E-state index contributed by atoms with van der Waals surface area (Å²) in [6.07, 6.45) is 8.12. The average molecular weight is 1090 g/mol. The van der Waals surface area contributed by atoms with Gasteiger partial charge in [-0.3, -0.25) is 47.9 Å². The Kier molecular flexibility index (Phi) is 20.1. The van der Waals surface area contributed by atoms with E-state index in [0.29, 0.717) is 12.2 Å². The van der Waals surface area contributed by atoms with Crippen molar-refractivity contribution in [2.45, 2.75) is 32.1 Å². The minimum absolute atomic E-state index is 0.0368. The second kappa shape index (κ2) is 27.3. The van der Waals surface area contributed by atoms with Crippen molar-refractivity contribution < 1.29 is 47.9 Å². The summed E-state index contributed by atoms with van der Waals surface area (Å²) < 4.78 is 7.33. The van der Waals surface area contributed by atoms with Crippen LogP contribution in [0.1, 0.15) is 95.4 Å². The summed E-state index contributed by atoms with van der Waals surface area (Å²) in [6.45, 7) is 1.42. The monoisotopic (exact) mass is 1090 g/mol. The molecule has 10 amide bonds. The van der Waals surface area contributed by atoms with Crippen molar-refractivity contribution >= 4 is 88.0 Å². The lowest BCUT2D eigenvalue weighted by molar-refractivity contribution is -0.121. The Morgan fingerprint density at radius 3 is 1.63 bits per heavy atom. The molecule has 6 heterocycles. The first-order valence-electron chi connectivity index (χ1n) is 24.8. The molecule has 0 fully saturated rings. The number of amides is 10. The van der Waals surface area contributed by atoms with E-state index in [2.05, 4.69) is 73.1 Å². The van der Waals surface area contributed by atoms with Gasteiger partial charge in [0.25, 0.3) is 35.4 Å². The van der Waals surface area contributed by atoms with Crippen LogP contribution in [0.2, 0.25) is 0 Å². The molecule has 79 heavy (non-hydrogen) atoms. The first-order chi connectivity index (χ1) is 37.6. The normalized spacial score (nSPS) is 10.9. The summed E-state index contributed by atoms with van der Waals surface area (Å²) in [4.78, 5) is 144. The highest BCUT2D eigenvalue weighted by Gasteiger charge is 2.22. The Bertz CT molecular complexity index is 3220. The molecule has 0 saturated heterocycles. The average Bonchev–Trinajstić information content (AvgIpc) is 4.28. The van der Waals surface area contributed by atoms with Crippen LogP contribution in [-0.4, -0.2) is 160 Å². The molecule has 0 aliphatic carbocycles. The number of aromatic nitrogens is 9. The van der Waals surface area contributed by atoms with Gasteiger partial charge < -0.3 is 85.9 Å². The van der Waals surface area contributed by atoms with Gasteiger partial charge in [-0.1, -0.05) is 0 Å². The molecule has 0 unspecified atom stereocenters. The Labute approximate surface area is 452 Å². The van der Waals surface area contributed by atoms with Gasteiger partial charge in [0.1, 0.15) is 28.7 Å². The van der Waals surface area contributed by atoms with Crippen molar-refractivity contribution in [1.82, 2.24) is 74.3 Å². The van der Waals surface area contributed by atoms with Gasteiger partial charge in [-0.25, -0.2) is 15.0 Å². The molecule has 0 aromatic carbocycles. The van der Waals surface area contributed by atoms with E-state index in [9.17, 15) is 47.9 Å². The number of carbonyl (C=O) groups is 10. The summed E-state index contributed by atoms with van der Waals surface area (Å²) in [5.74, 6) is -3.99. The molecule has 0 radical (unpaired) electrons. The molecule has 6 rings (SSSR count). The van der Waals surface area contributed by atoms with Crippen LogP contribution in [0, 0.1) is 0 Å². The van der Waals surface area contributed by atoms with Crippen LogP contribution in [0.25, 0.3) is 0 Å². The Morgan fingerprint density at radius 1 is 0.506 bits per heavy atom. The number of H-pyrrole nitrogens is 1. The van der Waals surface area contributed by atoms with E-state index < -0.39 is 53.2 Å². The number of hydrogen-bond acceptors (Lipinski definition) is 14. The second-order valence-electron chi connectivity index (χ2n) is 18.2.